The van der Waals surface area contributed by atoms with Crippen molar-refractivity contribution in [2.45, 2.75) is 28.4 Å². The van der Waals surface area contributed by atoms with Crippen LogP contribution in [0.3, 0.4) is 0 Å². The van der Waals surface area contributed by atoms with E-state index in [2.05, 4.69) is 24.3 Å². The van der Waals surface area contributed by atoms with Gasteiger partial charge in [0.15, 0.2) is 0 Å². The SMILES string of the molecule is OCC(CO)(CC1Cc2ccccc2S1)c1ccccc1. The van der Waals surface area contributed by atoms with Crippen LogP contribution in [0.1, 0.15) is 17.5 Å². The predicted octanol–water partition coefficient (Wildman–Crippen LogP) is 3.02. The average molecular weight is 300 g/mol. The molecule has 21 heavy (non-hydrogen) atoms. The lowest BCUT2D eigenvalue weighted by molar-refractivity contribution is 0.109. The Kier molecular flexibility index (Phi) is 4.34. The van der Waals surface area contributed by atoms with Crippen LogP contribution in [0.15, 0.2) is 59.5 Å². The third-order valence-corrected chi connectivity index (χ3v) is 5.64. The van der Waals surface area contributed by atoms with Gasteiger partial charge in [-0.3, -0.25) is 0 Å². The van der Waals surface area contributed by atoms with E-state index in [4.69, 9.17) is 0 Å². The van der Waals surface area contributed by atoms with Crippen molar-refractivity contribution in [1.82, 2.24) is 0 Å². The number of fused-ring (bicyclic) bond motifs is 1. The summed E-state index contributed by atoms with van der Waals surface area (Å²) in [7, 11) is 0. The summed E-state index contributed by atoms with van der Waals surface area (Å²) in [5.41, 5.74) is 1.85. The summed E-state index contributed by atoms with van der Waals surface area (Å²) >= 11 is 1.87. The Balaban J connectivity index is 1.82. The number of benzene rings is 2. The molecule has 1 atom stereocenters. The highest BCUT2D eigenvalue weighted by Gasteiger charge is 2.36. The van der Waals surface area contributed by atoms with Crippen molar-refractivity contribution in [2.75, 3.05) is 13.2 Å². The fraction of sp³-hybridized carbons (Fsp3) is 0.333. The van der Waals surface area contributed by atoms with E-state index >= 15 is 0 Å². The second-order valence-corrected chi connectivity index (χ2v) is 7.06. The first kappa shape index (κ1) is 14.6. The Hall–Kier alpha value is -1.29. The number of aliphatic hydroxyl groups excluding tert-OH is 2. The minimum Gasteiger partial charge on any atom is -0.395 e. The molecule has 1 unspecified atom stereocenters. The molecule has 2 N–H and O–H groups in total. The molecule has 0 aliphatic carbocycles. The van der Waals surface area contributed by atoms with Crippen molar-refractivity contribution in [1.29, 1.82) is 0 Å². The van der Waals surface area contributed by atoms with Crippen LogP contribution in [-0.2, 0) is 11.8 Å². The fourth-order valence-corrected chi connectivity index (χ4v) is 4.56. The zero-order chi connectivity index (χ0) is 14.7. The van der Waals surface area contributed by atoms with E-state index in [0.29, 0.717) is 5.25 Å². The van der Waals surface area contributed by atoms with E-state index < -0.39 is 5.41 Å². The average Bonchev–Trinajstić information content (AvgIpc) is 2.96. The molecule has 110 valence electrons. The molecule has 3 heteroatoms. The van der Waals surface area contributed by atoms with E-state index in [-0.39, 0.29) is 13.2 Å². The largest absolute Gasteiger partial charge is 0.395 e. The molecule has 0 radical (unpaired) electrons. The molecule has 2 nitrogen and oxygen atoms in total. The first-order valence-corrected chi connectivity index (χ1v) is 8.17. The van der Waals surface area contributed by atoms with E-state index in [0.717, 1.165) is 18.4 Å². The highest BCUT2D eigenvalue weighted by atomic mass is 32.2. The van der Waals surface area contributed by atoms with Crippen molar-refractivity contribution in [3.63, 3.8) is 0 Å². The van der Waals surface area contributed by atoms with E-state index in [1.165, 1.54) is 10.5 Å². The van der Waals surface area contributed by atoms with Crippen molar-refractivity contribution in [3.05, 3.63) is 65.7 Å². The van der Waals surface area contributed by atoms with Crippen LogP contribution in [0.2, 0.25) is 0 Å². The van der Waals surface area contributed by atoms with E-state index in [1.54, 1.807) is 0 Å². The summed E-state index contributed by atoms with van der Waals surface area (Å²) in [5, 5.41) is 20.3. The molecule has 1 aliphatic rings. The maximum Gasteiger partial charge on any atom is 0.0550 e. The highest BCUT2D eigenvalue weighted by Crippen LogP contribution is 2.42. The molecule has 0 aromatic heterocycles. The molecule has 1 heterocycles. The molecule has 1 aliphatic heterocycles. The van der Waals surface area contributed by atoms with Gasteiger partial charge in [-0.2, -0.15) is 0 Å². The zero-order valence-electron chi connectivity index (χ0n) is 11.9. The summed E-state index contributed by atoms with van der Waals surface area (Å²) in [6, 6.07) is 18.4. The Labute approximate surface area is 129 Å². The molecule has 2 aromatic carbocycles. The summed E-state index contributed by atoms with van der Waals surface area (Å²) in [6.45, 7) is -0.0537. The Morgan fingerprint density at radius 1 is 0.952 bits per heavy atom. The van der Waals surface area contributed by atoms with Gasteiger partial charge < -0.3 is 10.2 Å². The van der Waals surface area contributed by atoms with Gasteiger partial charge in [0, 0.05) is 15.6 Å². The lowest BCUT2D eigenvalue weighted by Gasteiger charge is -2.32. The first-order chi connectivity index (χ1) is 10.3. The van der Waals surface area contributed by atoms with Crippen molar-refractivity contribution >= 4 is 11.8 Å². The van der Waals surface area contributed by atoms with Crippen LogP contribution in [-0.4, -0.2) is 28.7 Å². The van der Waals surface area contributed by atoms with Crippen molar-refractivity contribution in [3.8, 4) is 0 Å². The molecule has 0 amide bonds. The fourth-order valence-electron chi connectivity index (χ4n) is 3.07. The lowest BCUT2D eigenvalue weighted by Crippen LogP contribution is -2.37. The maximum absolute atomic E-state index is 9.94. The second kappa shape index (κ2) is 6.22. The summed E-state index contributed by atoms with van der Waals surface area (Å²) in [5.74, 6) is 0. The highest BCUT2D eigenvalue weighted by molar-refractivity contribution is 8.00. The first-order valence-electron chi connectivity index (χ1n) is 7.29. The van der Waals surface area contributed by atoms with Gasteiger partial charge in [0.1, 0.15) is 0 Å². The lowest BCUT2D eigenvalue weighted by atomic mass is 9.77. The smallest absolute Gasteiger partial charge is 0.0550 e. The van der Waals surface area contributed by atoms with Gasteiger partial charge in [-0.1, -0.05) is 48.5 Å². The summed E-state index contributed by atoms with van der Waals surface area (Å²) in [4.78, 5) is 1.33. The Bertz CT molecular complexity index is 568. The predicted molar refractivity (Wildman–Crippen MR) is 86.7 cm³/mol. The van der Waals surface area contributed by atoms with Crippen LogP contribution < -0.4 is 0 Å². The minimum atomic E-state index is -0.555. The van der Waals surface area contributed by atoms with Gasteiger partial charge >= 0.3 is 0 Å². The molecule has 0 saturated carbocycles. The molecule has 0 saturated heterocycles. The third-order valence-electron chi connectivity index (χ3n) is 4.32. The maximum atomic E-state index is 9.94. The van der Waals surface area contributed by atoms with Crippen LogP contribution in [0, 0.1) is 0 Å². The van der Waals surface area contributed by atoms with Crippen molar-refractivity contribution in [2.24, 2.45) is 0 Å². The number of rotatable bonds is 5. The standard InChI is InChI=1S/C18H20O2S/c19-12-18(13-20,15-7-2-1-3-8-15)11-16-10-14-6-4-5-9-17(14)21-16/h1-9,16,19-20H,10-13H2. The van der Waals surface area contributed by atoms with Gasteiger partial charge in [0.05, 0.1) is 13.2 Å². The molecule has 0 bridgehead atoms. The minimum absolute atomic E-state index is 0.0269. The number of thioether (sulfide) groups is 1. The number of hydrogen-bond donors (Lipinski definition) is 2. The molecule has 3 rings (SSSR count). The third kappa shape index (κ3) is 2.86. The van der Waals surface area contributed by atoms with Gasteiger partial charge in [-0.15, -0.1) is 11.8 Å². The quantitative estimate of drug-likeness (QED) is 0.892. The molecular weight excluding hydrogens is 280 g/mol. The van der Waals surface area contributed by atoms with Crippen LogP contribution in [0.5, 0.6) is 0 Å². The molecule has 0 fully saturated rings. The molecular formula is C18H20O2S. The summed E-state index contributed by atoms with van der Waals surface area (Å²) < 4.78 is 0. The van der Waals surface area contributed by atoms with Crippen LogP contribution in [0.4, 0.5) is 0 Å². The van der Waals surface area contributed by atoms with E-state index in [9.17, 15) is 10.2 Å². The van der Waals surface area contributed by atoms with Crippen molar-refractivity contribution < 1.29 is 10.2 Å². The monoisotopic (exact) mass is 300 g/mol. The van der Waals surface area contributed by atoms with Crippen LogP contribution in [0.25, 0.3) is 0 Å². The van der Waals surface area contributed by atoms with Gasteiger partial charge in [0.2, 0.25) is 0 Å². The number of hydrogen-bond acceptors (Lipinski definition) is 3. The summed E-state index contributed by atoms with van der Waals surface area (Å²) in [6.07, 6.45) is 1.79. The van der Waals surface area contributed by atoms with Gasteiger partial charge in [0.25, 0.3) is 0 Å². The molecule has 0 spiro atoms. The second-order valence-electron chi connectivity index (χ2n) is 5.72. The topological polar surface area (TPSA) is 40.5 Å². The van der Waals surface area contributed by atoms with Gasteiger partial charge in [-0.25, -0.2) is 0 Å². The Morgan fingerprint density at radius 2 is 1.62 bits per heavy atom. The van der Waals surface area contributed by atoms with E-state index in [1.807, 2.05) is 42.1 Å². The molecule has 2 aromatic rings. The van der Waals surface area contributed by atoms with Crippen LogP contribution >= 0.6 is 11.8 Å². The normalized spacial score (nSPS) is 17.7. The Morgan fingerprint density at radius 3 is 2.29 bits per heavy atom. The number of aliphatic hydroxyl groups is 2. The van der Waals surface area contributed by atoms with Gasteiger partial charge in [-0.05, 0) is 30.0 Å². The zero-order valence-corrected chi connectivity index (χ0v) is 12.7.